The maximum Gasteiger partial charge on any atom is 0.228 e. The highest BCUT2D eigenvalue weighted by Crippen LogP contribution is 2.53. The SMILES string of the molecule is COc1ccnc(N2CCC(C(=O)N(C)[C@H]3C[C@](C)(OC)C3(C)C)CC2)n1. The number of aromatic nitrogens is 2. The highest BCUT2D eigenvalue weighted by Gasteiger charge is 2.60. The second-order valence-corrected chi connectivity index (χ2v) is 8.49. The van der Waals surface area contributed by atoms with E-state index in [1.807, 2.05) is 11.9 Å². The average molecular weight is 377 g/mol. The van der Waals surface area contributed by atoms with E-state index in [4.69, 9.17) is 9.47 Å². The monoisotopic (exact) mass is 376 g/mol. The zero-order valence-electron chi connectivity index (χ0n) is 17.4. The van der Waals surface area contributed by atoms with Crippen molar-refractivity contribution < 1.29 is 14.3 Å². The first kappa shape index (κ1) is 19.9. The van der Waals surface area contributed by atoms with E-state index >= 15 is 0 Å². The van der Waals surface area contributed by atoms with Crippen LogP contribution in [0.25, 0.3) is 0 Å². The number of nitrogens with zero attached hydrogens (tertiary/aromatic N) is 4. The average Bonchev–Trinajstić information content (AvgIpc) is 2.70. The van der Waals surface area contributed by atoms with Crippen molar-refractivity contribution in [3.8, 4) is 5.88 Å². The fourth-order valence-corrected chi connectivity index (χ4v) is 4.44. The number of methoxy groups -OCH3 is 2. The topological polar surface area (TPSA) is 67.8 Å². The highest BCUT2D eigenvalue weighted by atomic mass is 16.5. The molecule has 7 heteroatoms. The Morgan fingerprint density at radius 2 is 1.93 bits per heavy atom. The molecule has 0 bridgehead atoms. The molecule has 0 radical (unpaired) electrons. The quantitative estimate of drug-likeness (QED) is 0.786. The van der Waals surface area contributed by atoms with Crippen LogP contribution in [0.2, 0.25) is 0 Å². The standard InChI is InChI=1S/C20H32N4O3/c1-19(2)15(13-20(19,3)27-6)23(4)17(25)14-8-11-24(12-9-14)18-21-10-7-16(22-18)26-5/h7,10,14-15H,8-9,11-13H2,1-6H3/t15-,20-/m0/s1. The van der Waals surface area contributed by atoms with Crippen LogP contribution >= 0.6 is 0 Å². The third-order valence-electron chi connectivity index (χ3n) is 7.00. The Bertz CT molecular complexity index is 688. The second-order valence-electron chi connectivity index (χ2n) is 8.49. The molecular weight excluding hydrogens is 344 g/mol. The summed E-state index contributed by atoms with van der Waals surface area (Å²) in [4.78, 5) is 25.9. The molecule has 0 spiro atoms. The smallest absolute Gasteiger partial charge is 0.228 e. The van der Waals surface area contributed by atoms with Gasteiger partial charge >= 0.3 is 0 Å². The molecule has 150 valence electrons. The minimum atomic E-state index is -0.167. The first-order valence-electron chi connectivity index (χ1n) is 9.67. The zero-order chi connectivity index (χ0) is 19.8. The molecule has 1 aliphatic heterocycles. The number of rotatable bonds is 5. The van der Waals surface area contributed by atoms with Gasteiger partial charge in [0.05, 0.1) is 12.7 Å². The maximum absolute atomic E-state index is 13.1. The van der Waals surface area contributed by atoms with E-state index in [2.05, 4.69) is 35.6 Å². The molecule has 1 saturated heterocycles. The summed E-state index contributed by atoms with van der Waals surface area (Å²) >= 11 is 0. The lowest BCUT2D eigenvalue weighted by atomic mass is 9.55. The Labute approximate surface area is 162 Å². The first-order valence-corrected chi connectivity index (χ1v) is 9.67. The van der Waals surface area contributed by atoms with Gasteiger partial charge in [0.1, 0.15) is 0 Å². The highest BCUT2D eigenvalue weighted by molar-refractivity contribution is 5.79. The van der Waals surface area contributed by atoms with Gasteiger partial charge in [0.2, 0.25) is 17.7 Å². The largest absolute Gasteiger partial charge is 0.481 e. The molecule has 0 N–H and O–H groups in total. The predicted molar refractivity (Wildman–Crippen MR) is 104 cm³/mol. The van der Waals surface area contributed by atoms with Gasteiger partial charge in [-0.2, -0.15) is 4.98 Å². The maximum atomic E-state index is 13.1. The van der Waals surface area contributed by atoms with Gasteiger partial charge in [-0.15, -0.1) is 0 Å². The third kappa shape index (κ3) is 3.37. The fourth-order valence-electron chi connectivity index (χ4n) is 4.44. The number of piperidine rings is 1. The molecule has 7 nitrogen and oxygen atoms in total. The van der Waals surface area contributed by atoms with Gasteiger partial charge in [-0.05, 0) is 26.2 Å². The van der Waals surface area contributed by atoms with Gasteiger partial charge in [-0.1, -0.05) is 13.8 Å². The Morgan fingerprint density at radius 1 is 1.26 bits per heavy atom. The predicted octanol–water partition coefficient (Wildman–Crippen LogP) is 2.36. The van der Waals surface area contributed by atoms with Crippen molar-refractivity contribution in [1.82, 2.24) is 14.9 Å². The number of hydrogen-bond donors (Lipinski definition) is 0. The second kappa shape index (κ2) is 7.26. The number of amides is 1. The van der Waals surface area contributed by atoms with Gasteiger partial charge in [0, 0.05) is 56.9 Å². The number of carbonyl (C=O) groups excluding carboxylic acids is 1. The Morgan fingerprint density at radius 3 is 2.48 bits per heavy atom. The third-order valence-corrected chi connectivity index (χ3v) is 7.00. The molecule has 1 saturated carbocycles. The van der Waals surface area contributed by atoms with Crippen LogP contribution in [0.5, 0.6) is 5.88 Å². The van der Waals surface area contributed by atoms with Crippen molar-refractivity contribution in [2.24, 2.45) is 11.3 Å². The lowest BCUT2D eigenvalue weighted by molar-refractivity contribution is -0.208. The van der Waals surface area contributed by atoms with Crippen LogP contribution in [-0.4, -0.2) is 66.8 Å². The first-order chi connectivity index (χ1) is 12.7. The molecule has 2 heterocycles. The molecule has 0 aromatic carbocycles. The Balaban J connectivity index is 1.59. The van der Waals surface area contributed by atoms with Crippen LogP contribution in [0.15, 0.2) is 12.3 Å². The zero-order valence-corrected chi connectivity index (χ0v) is 17.4. The van der Waals surface area contributed by atoms with Crippen LogP contribution in [0.1, 0.15) is 40.0 Å². The van der Waals surface area contributed by atoms with Crippen molar-refractivity contribution in [1.29, 1.82) is 0 Å². The minimum Gasteiger partial charge on any atom is -0.481 e. The van der Waals surface area contributed by atoms with Gasteiger partial charge in [-0.25, -0.2) is 4.98 Å². The molecule has 27 heavy (non-hydrogen) atoms. The molecule has 0 unspecified atom stereocenters. The normalized spacial score (nSPS) is 27.8. The van der Waals surface area contributed by atoms with E-state index in [1.54, 1.807) is 26.5 Å². The Hall–Kier alpha value is -1.89. The van der Waals surface area contributed by atoms with Crippen LogP contribution in [0, 0.1) is 11.3 Å². The van der Waals surface area contributed by atoms with E-state index in [1.165, 1.54) is 0 Å². The molecule has 1 aliphatic carbocycles. The summed E-state index contributed by atoms with van der Waals surface area (Å²) in [5, 5.41) is 0. The van der Waals surface area contributed by atoms with Crippen LogP contribution < -0.4 is 9.64 Å². The lowest BCUT2D eigenvalue weighted by Gasteiger charge is -2.61. The summed E-state index contributed by atoms with van der Waals surface area (Å²) in [7, 11) is 5.31. The summed E-state index contributed by atoms with van der Waals surface area (Å²) in [6, 6.07) is 1.96. The molecule has 1 aromatic heterocycles. The number of hydrogen-bond acceptors (Lipinski definition) is 6. The molecule has 3 rings (SSSR count). The van der Waals surface area contributed by atoms with Crippen molar-refractivity contribution in [2.75, 3.05) is 39.3 Å². The molecule has 2 fully saturated rings. The summed E-state index contributed by atoms with van der Waals surface area (Å²) in [6.45, 7) is 8.07. The number of carbonyl (C=O) groups is 1. The van der Waals surface area contributed by atoms with Gasteiger partial charge in [0.25, 0.3) is 0 Å². The Kier molecular flexibility index (Phi) is 5.34. The fraction of sp³-hybridized carbons (Fsp3) is 0.750. The van der Waals surface area contributed by atoms with Gasteiger partial charge in [0.15, 0.2) is 0 Å². The molecule has 2 atom stereocenters. The van der Waals surface area contributed by atoms with Crippen LogP contribution in [-0.2, 0) is 9.53 Å². The summed E-state index contributed by atoms with van der Waals surface area (Å²) in [5.41, 5.74) is -0.222. The number of ether oxygens (including phenoxy) is 2. The van der Waals surface area contributed by atoms with Crippen molar-refractivity contribution in [2.45, 2.75) is 51.7 Å². The van der Waals surface area contributed by atoms with E-state index in [-0.39, 0.29) is 28.9 Å². The molecule has 1 amide bonds. The van der Waals surface area contributed by atoms with Crippen LogP contribution in [0.4, 0.5) is 5.95 Å². The van der Waals surface area contributed by atoms with E-state index in [0.717, 1.165) is 32.4 Å². The van der Waals surface area contributed by atoms with E-state index in [9.17, 15) is 4.79 Å². The van der Waals surface area contributed by atoms with Gasteiger partial charge in [-0.3, -0.25) is 4.79 Å². The number of anilines is 1. The van der Waals surface area contributed by atoms with Crippen LogP contribution in [0.3, 0.4) is 0 Å². The molecule has 2 aliphatic rings. The minimum absolute atomic E-state index is 0.0543. The van der Waals surface area contributed by atoms with Gasteiger partial charge < -0.3 is 19.3 Å². The molecule has 1 aromatic rings. The van der Waals surface area contributed by atoms with Crippen molar-refractivity contribution >= 4 is 11.9 Å². The molecular formula is C20H32N4O3. The van der Waals surface area contributed by atoms with E-state index in [0.29, 0.717) is 11.8 Å². The summed E-state index contributed by atoms with van der Waals surface area (Å²) in [5.74, 6) is 1.54. The summed E-state index contributed by atoms with van der Waals surface area (Å²) < 4.78 is 10.9. The van der Waals surface area contributed by atoms with Crippen molar-refractivity contribution in [3.63, 3.8) is 0 Å². The van der Waals surface area contributed by atoms with Crippen molar-refractivity contribution in [3.05, 3.63) is 12.3 Å². The lowest BCUT2D eigenvalue weighted by Crippen LogP contribution is -2.69. The summed E-state index contributed by atoms with van der Waals surface area (Å²) in [6.07, 6.45) is 4.23. The van der Waals surface area contributed by atoms with E-state index < -0.39 is 0 Å².